The molecule has 0 radical (unpaired) electrons. The maximum Gasteiger partial charge on any atom is 0.341 e. The van der Waals surface area contributed by atoms with Gasteiger partial charge in [-0.05, 0) is 24.6 Å². The van der Waals surface area contributed by atoms with Gasteiger partial charge in [0.1, 0.15) is 17.7 Å². The summed E-state index contributed by atoms with van der Waals surface area (Å²) >= 11 is 1.05. The number of nitrogens with zero attached hydrogens (tertiary/aromatic N) is 5. The summed E-state index contributed by atoms with van der Waals surface area (Å²) in [7, 11) is 0. The van der Waals surface area contributed by atoms with Gasteiger partial charge in [0.05, 0.1) is 41.6 Å². The first-order valence-electron chi connectivity index (χ1n) is 10.9. The van der Waals surface area contributed by atoms with Crippen molar-refractivity contribution in [1.29, 1.82) is 0 Å². The molecular formula is C23H19F3N6O3S. The first kappa shape index (κ1) is 23.7. The molecule has 186 valence electrons. The zero-order chi connectivity index (χ0) is 25.6. The van der Waals surface area contributed by atoms with Crippen molar-refractivity contribution in [2.75, 3.05) is 13.1 Å². The van der Waals surface area contributed by atoms with Crippen molar-refractivity contribution in [2.24, 2.45) is 10.8 Å². The number of primary amides is 1. The molecule has 3 aromatic rings. The number of nitrogens with two attached hydrogens (primary N) is 1. The number of rotatable bonds is 5. The maximum absolute atomic E-state index is 14.4. The fraction of sp³-hybridized carbons (Fsp3) is 0.261. The van der Waals surface area contributed by atoms with Crippen LogP contribution in [0.5, 0.6) is 5.75 Å². The molecule has 1 unspecified atom stereocenters. The van der Waals surface area contributed by atoms with Gasteiger partial charge in [-0.15, -0.1) is 11.3 Å². The van der Waals surface area contributed by atoms with Crippen LogP contribution in [-0.4, -0.2) is 57.2 Å². The van der Waals surface area contributed by atoms with E-state index in [1.54, 1.807) is 6.92 Å². The maximum atomic E-state index is 14.4. The number of hydrazone groups is 1. The minimum atomic E-state index is -0.736. The smallest absolute Gasteiger partial charge is 0.341 e. The van der Waals surface area contributed by atoms with Crippen LogP contribution in [0.2, 0.25) is 0 Å². The number of thiazole rings is 1. The lowest BCUT2D eigenvalue weighted by Crippen LogP contribution is -2.58. The molecule has 2 aliphatic rings. The standard InChI is InChI=1S/C23H19F3N6O3S/c1-11-20(36-22(30-11)21(27)33)17-7-19(16(26)8-28-17)35-15-9-31(10-15)23(34)32-18(2-3-29-32)12-4-13(24)6-14(25)5-12/h3-8,15,18H,2,9-10H2,1H3,(H2,27,33). The van der Waals surface area contributed by atoms with Crippen molar-refractivity contribution in [2.45, 2.75) is 25.5 Å². The molecule has 1 saturated heterocycles. The van der Waals surface area contributed by atoms with E-state index in [0.717, 1.165) is 23.6 Å². The summed E-state index contributed by atoms with van der Waals surface area (Å²) in [4.78, 5) is 34.5. The predicted octanol–water partition coefficient (Wildman–Crippen LogP) is 3.65. The van der Waals surface area contributed by atoms with Crippen LogP contribution in [0.4, 0.5) is 18.0 Å². The van der Waals surface area contributed by atoms with Gasteiger partial charge in [0, 0.05) is 24.8 Å². The number of likely N-dealkylation sites (tertiary alicyclic amines) is 1. The highest BCUT2D eigenvalue weighted by Crippen LogP contribution is 2.34. The summed E-state index contributed by atoms with van der Waals surface area (Å²) < 4.78 is 47.5. The lowest BCUT2D eigenvalue weighted by molar-refractivity contribution is 0.0256. The molecule has 4 heterocycles. The number of hydrogen-bond donors (Lipinski definition) is 1. The monoisotopic (exact) mass is 516 g/mol. The van der Waals surface area contributed by atoms with Crippen molar-refractivity contribution in [3.63, 3.8) is 0 Å². The first-order chi connectivity index (χ1) is 17.2. The largest absolute Gasteiger partial charge is 0.483 e. The number of ether oxygens (including phenoxy) is 1. The van der Waals surface area contributed by atoms with E-state index in [9.17, 15) is 22.8 Å². The van der Waals surface area contributed by atoms with Gasteiger partial charge < -0.3 is 15.4 Å². The molecule has 2 N–H and O–H groups in total. The Bertz CT molecular complexity index is 1370. The van der Waals surface area contributed by atoms with Gasteiger partial charge in [0.2, 0.25) is 0 Å². The molecular weight excluding hydrogens is 497 g/mol. The lowest BCUT2D eigenvalue weighted by atomic mass is 10.0. The highest BCUT2D eigenvalue weighted by Gasteiger charge is 2.39. The summed E-state index contributed by atoms with van der Waals surface area (Å²) in [5.41, 5.74) is 6.48. The van der Waals surface area contributed by atoms with Gasteiger partial charge in [-0.1, -0.05) is 0 Å². The zero-order valence-electron chi connectivity index (χ0n) is 18.8. The summed E-state index contributed by atoms with van der Waals surface area (Å²) in [6, 6.07) is 3.44. The molecule has 36 heavy (non-hydrogen) atoms. The minimum absolute atomic E-state index is 0.0576. The van der Waals surface area contributed by atoms with Gasteiger partial charge in [-0.2, -0.15) is 5.10 Å². The molecule has 13 heteroatoms. The number of aromatic nitrogens is 2. The van der Waals surface area contributed by atoms with Crippen LogP contribution in [0.3, 0.4) is 0 Å². The summed E-state index contributed by atoms with van der Waals surface area (Å²) in [6.07, 6.45) is 2.36. The number of aryl methyl sites for hydroxylation is 1. The summed E-state index contributed by atoms with van der Waals surface area (Å²) in [6.45, 7) is 2.01. The van der Waals surface area contributed by atoms with Crippen LogP contribution in [-0.2, 0) is 0 Å². The Morgan fingerprint density at radius 1 is 1.14 bits per heavy atom. The number of pyridine rings is 1. The Morgan fingerprint density at radius 3 is 2.53 bits per heavy atom. The van der Waals surface area contributed by atoms with Crippen LogP contribution >= 0.6 is 11.3 Å². The molecule has 9 nitrogen and oxygen atoms in total. The van der Waals surface area contributed by atoms with Gasteiger partial charge >= 0.3 is 6.03 Å². The second kappa shape index (κ2) is 9.22. The number of carbonyl (C=O) groups excluding carboxylic acids is 2. The third-order valence-corrected chi connectivity index (χ3v) is 6.96. The number of hydrogen-bond acceptors (Lipinski definition) is 7. The number of benzene rings is 1. The van der Waals surface area contributed by atoms with Crippen molar-refractivity contribution in [3.8, 4) is 16.3 Å². The number of urea groups is 1. The van der Waals surface area contributed by atoms with E-state index >= 15 is 0 Å². The van der Waals surface area contributed by atoms with Crippen LogP contribution in [0.15, 0.2) is 35.6 Å². The Hall–Kier alpha value is -4.00. The van der Waals surface area contributed by atoms with Gasteiger partial charge in [-0.3, -0.25) is 9.78 Å². The Kier molecular flexibility index (Phi) is 6.08. The van der Waals surface area contributed by atoms with E-state index in [4.69, 9.17) is 10.5 Å². The molecule has 0 spiro atoms. The summed E-state index contributed by atoms with van der Waals surface area (Å²) in [5, 5.41) is 5.37. The molecule has 2 aliphatic heterocycles. The zero-order valence-corrected chi connectivity index (χ0v) is 19.6. The molecule has 1 fully saturated rings. The van der Waals surface area contributed by atoms with Gasteiger partial charge in [0.15, 0.2) is 16.6 Å². The van der Waals surface area contributed by atoms with Crippen molar-refractivity contribution in [3.05, 3.63) is 64.2 Å². The molecule has 0 aliphatic carbocycles. The summed E-state index contributed by atoms with van der Waals surface area (Å²) in [5.74, 6) is -2.88. The topological polar surface area (TPSA) is 114 Å². The number of amides is 3. The molecule has 0 saturated carbocycles. The van der Waals surface area contributed by atoms with E-state index in [1.165, 1.54) is 34.3 Å². The quantitative estimate of drug-likeness (QED) is 0.556. The van der Waals surface area contributed by atoms with Crippen LogP contribution in [0.1, 0.15) is 33.5 Å². The Balaban J connectivity index is 1.25. The average molecular weight is 517 g/mol. The fourth-order valence-corrected chi connectivity index (χ4v) is 4.90. The van der Waals surface area contributed by atoms with Crippen LogP contribution in [0.25, 0.3) is 10.6 Å². The Morgan fingerprint density at radius 2 is 1.86 bits per heavy atom. The van der Waals surface area contributed by atoms with Gasteiger partial charge in [-0.25, -0.2) is 28.0 Å². The second-order valence-electron chi connectivity index (χ2n) is 8.32. The lowest BCUT2D eigenvalue weighted by Gasteiger charge is -2.41. The second-order valence-corrected chi connectivity index (χ2v) is 9.32. The molecule has 3 amide bonds. The molecule has 1 aromatic carbocycles. The van der Waals surface area contributed by atoms with Crippen molar-refractivity contribution >= 4 is 29.5 Å². The highest BCUT2D eigenvalue weighted by molar-refractivity contribution is 7.17. The van der Waals surface area contributed by atoms with E-state index in [0.29, 0.717) is 28.2 Å². The van der Waals surface area contributed by atoms with Crippen LogP contribution in [0, 0.1) is 24.4 Å². The molecule has 1 atom stereocenters. The third-order valence-electron chi connectivity index (χ3n) is 5.77. The SMILES string of the molecule is Cc1nc(C(N)=O)sc1-c1cc(OC2CN(C(=O)N3N=CCC3c3cc(F)cc(F)c3)C2)c(F)cn1. The normalized spacial score (nSPS) is 17.4. The number of carbonyl (C=O) groups is 2. The number of halogens is 3. The van der Waals surface area contributed by atoms with Crippen molar-refractivity contribution in [1.82, 2.24) is 19.9 Å². The van der Waals surface area contributed by atoms with E-state index in [-0.39, 0.29) is 23.8 Å². The highest BCUT2D eigenvalue weighted by atomic mass is 32.1. The molecule has 2 aromatic heterocycles. The van der Waals surface area contributed by atoms with Crippen molar-refractivity contribution < 1.29 is 27.5 Å². The molecule has 0 bridgehead atoms. The average Bonchev–Trinajstić information content (AvgIpc) is 3.43. The Labute approximate surface area is 207 Å². The predicted molar refractivity (Wildman–Crippen MR) is 124 cm³/mol. The van der Waals surface area contributed by atoms with Crippen LogP contribution < -0.4 is 10.5 Å². The third kappa shape index (κ3) is 4.49. The van der Waals surface area contributed by atoms with E-state index < -0.39 is 41.5 Å². The van der Waals surface area contributed by atoms with Gasteiger partial charge in [0.25, 0.3) is 5.91 Å². The minimum Gasteiger partial charge on any atom is -0.483 e. The van der Waals surface area contributed by atoms with E-state index in [1.807, 2.05) is 0 Å². The van der Waals surface area contributed by atoms with E-state index in [2.05, 4.69) is 15.1 Å². The fourth-order valence-electron chi connectivity index (χ4n) is 4.01. The molecule has 5 rings (SSSR count). The first-order valence-corrected chi connectivity index (χ1v) is 11.7.